The molecular weight excluding hydrogens is 426 g/mol. The van der Waals surface area contributed by atoms with E-state index in [1.807, 2.05) is 0 Å². The second-order valence-electron chi connectivity index (χ2n) is 6.85. The Morgan fingerprint density at radius 1 is 1.10 bits per heavy atom. The maximum atomic E-state index is 12.8. The maximum Gasteiger partial charge on any atom is 0.286 e. The molecule has 8 nitrogen and oxygen atoms in total. The monoisotopic (exact) mass is 451 g/mol. The van der Waals surface area contributed by atoms with E-state index in [0.29, 0.717) is 10.6 Å². The lowest BCUT2D eigenvalue weighted by Gasteiger charge is -2.15. The van der Waals surface area contributed by atoms with E-state index in [4.69, 9.17) is 4.74 Å². The molecule has 0 bridgehead atoms. The van der Waals surface area contributed by atoms with E-state index < -0.39 is 15.9 Å². The predicted molar refractivity (Wildman–Crippen MR) is 118 cm³/mol. The third kappa shape index (κ3) is 5.97. The zero-order chi connectivity index (χ0) is 22.5. The van der Waals surface area contributed by atoms with Crippen molar-refractivity contribution < 1.29 is 22.7 Å². The second-order valence-corrected chi connectivity index (χ2v) is 9.53. The molecule has 0 atom stereocenters. The highest BCUT2D eigenvalue weighted by Crippen LogP contribution is 2.30. The van der Waals surface area contributed by atoms with E-state index in [2.05, 4.69) is 10.0 Å². The Morgan fingerprint density at radius 3 is 2.37 bits per heavy atom. The first-order chi connectivity index (χ1) is 14.0. The number of carbonyl (C=O) groups excluding carboxylic acids is 2. The summed E-state index contributed by atoms with van der Waals surface area (Å²) in [6.45, 7) is 3.40. The zero-order valence-corrected chi connectivity index (χ0v) is 19.1. The van der Waals surface area contributed by atoms with Gasteiger partial charge in [-0.05, 0) is 55.9 Å². The average Bonchev–Trinajstić information content (AvgIpc) is 2.67. The van der Waals surface area contributed by atoms with Crippen molar-refractivity contribution in [3.8, 4) is 5.75 Å². The van der Waals surface area contributed by atoms with Gasteiger partial charge in [0.25, 0.3) is 11.1 Å². The summed E-state index contributed by atoms with van der Waals surface area (Å²) in [7, 11) is 0.766. The number of para-hydroxylation sites is 1. The molecule has 0 heterocycles. The molecule has 0 aliphatic heterocycles. The van der Waals surface area contributed by atoms with Crippen LogP contribution in [0.2, 0.25) is 0 Å². The Labute approximate surface area is 181 Å². The van der Waals surface area contributed by atoms with Gasteiger partial charge in [0.15, 0.2) is 0 Å². The second kappa shape index (κ2) is 9.96. The van der Waals surface area contributed by atoms with Gasteiger partial charge in [-0.1, -0.05) is 12.1 Å². The highest BCUT2D eigenvalue weighted by atomic mass is 32.2. The van der Waals surface area contributed by atoms with E-state index >= 15 is 0 Å². The van der Waals surface area contributed by atoms with Crippen molar-refractivity contribution >= 4 is 38.6 Å². The summed E-state index contributed by atoms with van der Waals surface area (Å²) in [5.74, 6) is -0.378. The van der Waals surface area contributed by atoms with Gasteiger partial charge in [-0.25, -0.2) is 13.1 Å². The van der Waals surface area contributed by atoms with Crippen LogP contribution in [0.4, 0.5) is 10.5 Å². The minimum absolute atomic E-state index is 0.128. The Morgan fingerprint density at radius 2 is 1.77 bits per heavy atom. The van der Waals surface area contributed by atoms with Gasteiger partial charge < -0.3 is 15.0 Å². The van der Waals surface area contributed by atoms with Gasteiger partial charge in [-0.15, -0.1) is 0 Å². The first kappa shape index (κ1) is 23.7. The molecule has 10 heteroatoms. The maximum absolute atomic E-state index is 12.8. The fraction of sp³-hybridized carbons (Fsp3) is 0.300. The molecule has 2 rings (SSSR count). The summed E-state index contributed by atoms with van der Waals surface area (Å²) in [6, 6.07) is 10.7. The summed E-state index contributed by atoms with van der Waals surface area (Å²) < 4.78 is 32.9. The summed E-state index contributed by atoms with van der Waals surface area (Å²) in [5.41, 5.74) is 0.585. The van der Waals surface area contributed by atoms with Crippen molar-refractivity contribution in [3.05, 3.63) is 48.0 Å². The van der Waals surface area contributed by atoms with Crippen molar-refractivity contribution in [2.75, 3.05) is 26.5 Å². The van der Waals surface area contributed by atoms with Crippen molar-refractivity contribution in [3.63, 3.8) is 0 Å². The van der Waals surface area contributed by atoms with Crippen LogP contribution in [-0.2, 0) is 10.0 Å². The van der Waals surface area contributed by atoms with Gasteiger partial charge in [0.1, 0.15) is 10.6 Å². The standard InChI is InChI=1S/C20H25N3O5S2/c1-13(2)22-30(26,27)18-12-14(10-11-16(18)28-5)19(24)21-15-8-6-7-9-17(15)29-20(25)23(3)4/h6-13,22H,1-5H3,(H,21,24). The normalized spacial score (nSPS) is 11.3. The molecule has 0 aromatic heterocycles. The van der Waals surface area contributed by atoms with Gasteiger partial charge in [0, 0.05) is 30.6 Å². The van der Waals surface area contributed by atoms with Crippen molar-refractivity contribution in [1.29, 1.82) is 0 Å². The highest BCUT2D eigenvalue weighted by Gasteiger charge is 2.23. The fourth-order valence-corrected chi connectivity index (χ4v) is 4.63. The van der Waals surface area contributed by atoms with Crippen LogP contribution in [-0.4, -0.2) is 51.7 Å². The third-order valence-corrected chi connectivity index (χ3v) is 6.60. The molecule has 30 heavy (non-hydrogen) atoms. The third-order valence-electron chi connectivity index (χ3n) is 3.80. The number of nitrogens with one attached hydrogen (secondary N) is 2. The van der Waals surface area contributed by atoms with Crippen LogP contribution in [0.15, 0.2) is 52.3 Å². The molecule has 0 aliphatic rings. The number of carbonyl (C=O) groups is 2. The van der Waals surface area contributed by atoms with Gasteiger partial charge in [-0.2, -0.15) is 0 Å². The molecule has 0 unspecified atom stereocenters. The highest BCUT2D eigenvalue weighted by molar-refractivity contribution is 8.13. The topological polar surface area (TPSA) is 105 Å². The van der Waals surface area contributed by atoms with Crippen LogP contribution in [0.3, 0.4) is 0 Å². The SMILES string of the molecule is COc1ccc(C(=O)Nc2ccccc2SC(=O)N(C)C)cc1S(=O)(=O)NC(C)C. The lowest BCUT2D eigenvalue weighted by atomic mass is 10.2. The summed E-state index contributed by atoms with van der Waals surface area (Å²) >= 11 is 0.982. The van der Waals surface area contributed by atoms with Crippen LogP contribution in [0.5, 0.6) is 5.75 Å². The van der Waals surface area contributed by atoms with Crippen LogP contribution in [0.25, 0.3) is 0 Å². The summed E-state index contributed by atoms with van der Waals surface area (Å²) in [6.07, 6.45) is 0. The first-order valence-electron chi connectivity index (χ1n) is 9.05. The summed E-state index contributed by atoms with van der Waals surface area (Å²) in [5, 5.41) is 2.56. The lowest BCUT2D eigenvalue weighted by molar-refractivity contribution is 0.102. The lowest BCUT2D eigenvalue weighted by Crippen LogP contribution is -2.30. The molecular formula is C20H25N3O5S2. The molecule has 2 aromatic carbocycles. The van der Waals surface area contributed by atoms with E-state index in [0.717, 1.165) is 11.8 Å². The molecule has 0 saturated carbocycles. The van der Waals surface area contributed by atoms with Crippen LogP contribution < -0.4 is 14.8 Å². The Balaban J connectivity index is 2.35. The number of nitrogens with zero attached hydrogens (tertiary/aromatic N) is 1. The van der Waals surface area contributed by atoms with Crippen LogP contribution in [0.1, 0.15) is 24.2 Å². The largest absolute Gasteiger partial charge is 0.495 e. The van der Waals surface area contributed by atoms with E-state index in [1.54, 1.807) is 52.2 Å². The summed E-state index contributed by atoms with van der Waals surface area (Å²) in [4.78, 5) is 26.7. The van der Waals surface area contributed by atoms with Gasteiger partial charge in [-0.3, -0.25) is 9.59 Å². The van der Waals surface area contributed by atoms with E-state index in [1.165, 1.54) is 30.2 Å². The van der Waals surface area contributed by atoms with Crippen LogP contribution in [0, 0.1) is 0 Å². The number of amides is 2. The molecule has 2 aromatic rings. The van der Waals surface area contributed by atoms with Crippen molar-refractivity contribution in [1.82, 2.24) is 9.62 Å². The quantitative estimate of drug-likeness (QED) is 0.625. The van der Waals surface area contributed by atoms with Gasteiger partial charge in [0.2, 0.25) is 10.0 Å². The molecule has 2 N–H and O–H groups in total. The number of sulfonamides is 1. The van der Waals surface area contributed by atoms with Gasteiger partial charge >= 0.3 is 0 Å². The Kier molecular flexibility index (Phi) is 7.88. The molecule has 0 fully saturated rings. The molecule has 0 radical (unpaired) electrons. The fourth-order valence-electron chi connectivity index (χ4n) is 2.44. The number of ether oxygens (including phenoxy) is 1. The number of thioether (sulfide) groups is 1. The number of methoxy groups -OCH3 is 1. The minimum Gasteiger partial charge on any atom is -0.495 e. The average molecular weight is 452 g/mol. The molecule has 0 aliphatic carbocycles. The Hall–Kier alpha value is -2.56. The molecule has 0 saturated heterocycles. The van der Waals surface area contributed by atoms with E-state index in [9.17, 15) is 18.0 Å². The molecule has 2 amide bonds. The number of rotatable bonds is 7. The zero-order valence-electron chi connectivity index (χ0n) is 17.4. The first-order valence-corrected chi connectivity index (χ1v) is 11.3. The number of anilines is 1. The van der Waals surface area contributed by atoms with E-state index in [-0.39, 0.29) is 27.5 Å². The van der Waals surface area contributed by atoms with Gasteiger partial charge in [0.05, 0.1) is 12.8 Å². The Bertz CT molecular complexity index is 1040. The van der Waals surface area contributed by atoms with Crippen LogP contribution >= 0.6 is 11.8 Å². The number of benzene rings is 2. The van der Waals surface area contributed by atoms with Crippen molar-refractivity contribution in [2.45, 2.75) is 29.7 Å². The number of hydrogen-bond donors (Lipinski definition) is 2. The minimum atomic E-state index is -3.87. The van der Waals surface area contributed by atoms with Crippen molar-refractivity contribution in [2.24, 2.45) is 0 Å². The predicted octanol–water partition coefficient (Wildman–Crippen LogP) is 3.41. The molecule has 0 spiro atoms. The smallest absolute Gasteiger partial charge is 0.286 e. The number of hydrogen-bond acceptors (Lipinski definition) is 6. The molecule has 162 valence electrons.